The summed E-state index contributed by atoms with van der Waals surface area (Å²) in [5.41, 5.74) is 5.65. The van der Waals surface area contributed by atoms with E-state index in [1.807, 2.05) is 0 Å². The maximum atomic E-state index is 8.74. The van der Waals surface area contributed by atoms with Crippen LogP contribution in [0.15, 0.2) is 0 Å². The monoisotopic (exact) mass is 193 g/mol. The Kier molecular flexibility index (Phi) is 6.81. The van der Waals surface area contributed by atoms with Crippen LogP contribution in [0.1, 0.15) is 38.5 Å². The molecule has 1 rings (SSSR count). The molecule has 0 aliphatic heterocycles. The lowest BCUT2D eigenvalue weighted by Crippen LogP contribution is -2.28. The zero-order valence-electron chi connectivity index (χ0n) is 7.54. The standard InChI is InChI=1S/C9H19NO.ClH/c10-9(7-11)6-8-4-2-1-3-5-8;/h8-9,11H,1-7,10H2;1H. The van der Waals surface area contributed by atoms with Crippen LogP contribution in [0.4, 0.5) is 0 Å². The highest BCUT2D eigenvalue weighted by atomic mass is 35.5. The van der Waals surface area contributed by atoms with Crippen molar-refractivity contribution in [1.82, 2.24) is 0 Å². The number of aliphatic hydroxyl groups is 1. The van der Waals surface area contributed by atoms with Gasteiger partial charge in [-0.2, -0.15) is 0 Å². The normalized spacial score (nSPS) is 21.5. The molecule has 3 heteroatoms. The molecular weight excluding hydrogens is 174 g/mol. The van der Waals surface area contributed by atoms with Crippen LogP contribution in [-0.4, -0.2) is 17.8 Å². The lowest BCUT2D eigenvalue weighted by Gasteiger charge is -2.23. The van der Waals surface area contributed by atoms with E-state index < -0.39 is 0 Å². The summed E-state index contributed by atoms with van der Waals surface area (Å²) in [6.45, 7) is 0.149. The van der Waals surface area contributed by atoms with E-state index in [2.05, 4.69) is 0 Å². The molecule has 0 spiro atoms. The Morgan fingerprint density at radius 2 is 1.83 bits per heavy atom. The Labute approximate surface area is 80.9 Å². The summed E-state index contributed by atoms with van der Waals surface area (Å²) in [7, 11) is 0. The van der Waals surface area contributed by atoms with Crippen LogP contribution < -0.4 is 5.73 Å². The second kappa shape index (κ2) is 6.70. The van der Waals surface area contributed by atoms with Crippen LogP contribution in [0.2, 0.25) is 0 Å². The highest BCUT2D eigenvalue weighted by Crippen LogP contribution is 2.26. The minimum absolute atomic E-state index is 0. The van der Waals surface area contributed by atoms with Crippen LogP contribution in [0.5, 0.6) is 0 Å². The molecule has 1 atom stereocenters. The lowest BCUT2D eigenvalue weighted by molar-refractivity contribution is 0.228. The largest absolute Gasteiger partial charge is 0.395 e. The Balaban J connectivity index is 0.00000121. The lowest BCUT2D eigenvalue weighted by atomic mass is 9.85. The molecule has 0 aromatic carbocycles. The molecule has 1 unspecified atom stereocenters. The zero-order valence-corrected chi connectivity index (χ0v) is 8.35. The van der Waals surface area contributed by atoms with E-state index in [-0.39, 0.29) is 25.1 Å². The summed E-state index contributed by atoms with van der Waals surface area (Å²) in [5.74, 6) is 0.797. The average Bonchev–Trinajstić information content (AvgIpc) is 2.06. The minimum Gasteiger partial charge on any atom is -0.395 e. The molecule has 3 N–H and O–H groups in total. The quantitative estimate of drug-likeness (QED) is 0.717. The Hall–Kier alpha value is 0.210. The van der Waals surface area contributed by atoms with Gasteiger partial charge in [-0.05, 0) is 12.3 Å². The van der Waals surface area contributed by atoms with Crippen LogP contribution >= 0.6 is 12.4 Å². The van der Waals surface area contributed by atoms with Gasteiger partial charge >= 0.3 is 0 Å². The summed E-state index contributed by atoms with van der Waals surface area (Å²) < 4.78 is 0. The number of hydrogen-bond donors (Lipinski definition) is 2. The van der Waals surface area contributed by atoms with Gasteiger partial charge in [-0.3, -0.25) is 0 Å². The number of aliphatic hydroxyl groups excluding tert-OH is 1. The molecule has 2 nitrogen and oxygen atoms in total. The average molecular weight is 194 g/mol. The molecule has 0 saturated heterocycles. The van der Waals surface area contributed by atoms with Crippen molar-refractivity contribution in [3.63, 3.8) is 0 Å². The van der Waals surface area contributed by atoms with Crippen molar-refractivity contribution in [2.24, 2.45) is 11.7 Å². The fraction of sp³-hybridized carbons (Fsp3) is 1.00. The van der Waals surface area contributed by atoms with Crippen LogP contribution in [0.25, 0.3) is 0 Å². The third-order valence-corrected chi connectivity index (χ3v) is 2.60. The molecule has 0 aromatic rings. The van der Waals surface area contributed by atoms with Gasteiger partial charge in [0.15, 0.2) is 0 Å². The number of nitrogens with two attached hydrogens (primary N) is 1. The van der Waals surface area contributed by atoms with Crippen molar-refractivity contribution in [2.75, 3.05) is 6.61 Å². The molecule has 1 aliphatic rings. The molecule has 0 amide bonds. The first-order chi connectivity index (χ1) is 5.33. The van der Waals surface area contributed by atoms with Crippen molar-refractivity contribution in [2.45, 2.75) is 44.6 Å². The van der Waals surface area contributed by atoms with Crippen molar-refractivity contribution in [3.8, 4) is 0 Å². The first kappa shape index (κ1) is 12.2. The van der Waals surface area contributed by atoms with E-state index in [9.17, 15) is 0 Å². The minimum atomic E-state index is 0. The summed E-state index contributed by atoms with van der Waals surface area (Å²) in [6.07, 6.45) is 7.80. The van der Waals surface area contributed by atoms with E-state index >= 15 is 0 Å². The number of rotatable bonds is 3. The maximum absolute atomic E-state index is 8.74. The van der Waals surface area contributed by atoms with E-state index in [1.165, 1.54) is 32.1 Å². The Bertz CT molecular complexity index is 105. The van der Waals surface area contributed by atoms with Crippen molar-refractivity contribution >= 4 is 12.4 Å². The SMILES string of the molecule is Cl.NC(CO)CC1CCCCC1. The van der Waals surface area contributed by atoms with Crippen LogP contribution in [-0.2, 0) is 0 Å². The summed E-state index contributed by atoms with van der Waals surface area (Å²) in [5, 5.41) is 8.74. The molecular formula is C9H20ClNO. The Morgan fingerprint density at radius 3 is 2.33 bits per heavy atom. The zero-order chi connectivity index (χ0) is 8.10. The van der Waals surface area contributed by atoms with Gasteiger partial charge < -0.3 is 10.8 Å². The molecule has 0 heterocycles. The molecule has 74 valence electrons. The van der Waals surface area contributed by atoms with Crippen LogP contribution in [0, 0.1) is 5.92 Å². The predicted molar refractivity (Wildman–Crippen MR) is 53.5 cm³/mol. The van der Waals surface area contributed by atoms with E-state index in [1.54, 1.807) is 0 Å². The van der Waals surface area contributed by atoms with Crippen molar-refractivity contribution in [3.05, 3.63) is 0 Å². The molecule has 1 fully saturated rings. The first-order valence-electron chi connectivity index (χ1n) is 4.69. The van der Waals surface area contributed by atoms with E-state index in [0.29, 0.717) is 0 Å². The predicted octanol–water partition coefficient (Wildman–Crippen LogP) is 1.70. The van der Waals surface area contributed by atoms with Gasteiger partial charge in [0, 0.05) is 6.04 Å². The smallest absolute Gasteiger partial charge is 0.0582 e. The molecule has 1 saturated carbocycles. The highest BCUT2D eigenvalue weighted by Gasteiger charge is 2.15. The van der Waals surface area contributed by atoms with Gasteiger partial charge in [0.2, 0.25) is 0 Å². The second-order valence-electron chi connectivity index (χ2n) is 3.68. The third kappa shape index (κ3) is 4.29. The fourth-order valence-electron chi connectivity index (χ4n) is 1.93. The number of hydrogen-bond acceptors (Lipinski definition) is 2. The summed E-state index contributed by atoms with van der Waals surface area (Å²) >= 11 is 0. The van der Waals surface area contributed by atoms with E-state index in [0.717, 1.165) is 12.3 Å². The summed E-state index contributed by atoms with van der Waals surface area (Å²) in [4.78, 5) is 0. The molecule has 1 aliphatic carbocycles. The number of halogens is 1. The second-order valence-corrected chi connectivity index (χ2v) is 3.68. The molecule has 0 bridgehead atoms. The molecule has 0 radical (unpaired) electrons. The molecule has 12 heavy (non-hydrogen) atoms. The Morgan fingerprint density at radius 1 is 1.25 bits per heavy atom. The van der Waals surface area contributed by atoms with Crippen LogP contribution in [0.3, 0.4) is 0 Å². The van der Waals surface area contributed by atoms with Gasteiger partial charge in [0.1, 0.15) is 0 Å². The van der Waals surface area contributed by atoms with E-state index in [4.69, 9.17) is 10.8 Å². The van der Waals surface area contributed by atoms with Crippen molar-refractivity contribution in [1.29, 1.82) is 0 Å². The van der Waals surface area contributed by atoms with Gasteiger partial charge in [0.25, 0.3) is 0 Å². The van der Waals surface area contributed by atoms with Gasteiger partial charge in [-0.15, -0.1) is 12.4 Å². The summed E-state index contributed by atoms with van der Waals surface area (Å²) in [6, 6.07) is 0.0260. The maximum Gasteiger partial charge on any atom is 0.0582 e. The van der Waals surface area contributed by atoms with Gasteiger partial charge in [-0.1, -0.05) is 32.1 Å². The molecule has 0 aromatic heterocycles. The fourth-order valence-corrected chi connectivity index (χ4v) is 1.93. The van der Waals surface area contributed by atoms with Gasteiger partial charge in [0.05, 0.1) is 6.61 Å². The highest BCUT2D eigenvalue weighted by molar-refractivity contribution is 5.85. The topological polar surface area (TPSA) is 46.2 Å². The third-order valence-electron chi connectivity index (χ3n) is 2.60. The van der Waals surface area contributed by atoms with Gasteiger partial charge in [-0.25, -0.2) is 0 Å². The first-order valence-corrected chi connectivity index (χ1v) is 4.69. The van der Waals surface area contributed by atoms with Crippen molar-refractivity contribution < 1.29 is 5.11 Å².